The van der Waals surface area contributed by atoms with E-state index in [9.17, 15) is 14.0 Å². The second-order valence-electron chi connectivity index (χ2n) is 4.66. The Hall–Kier alpha value is -2.11. The Morgan fingerprint density at radius 3 is 2.48 bits per heavy atom. The van der Waals surface area contributed by atoms with E-state index in [0.29, 0.717) is 10.0 Å². The topological polar surface area (TPSA) is 55.4 Å². The highest BCUT2D eigenvalue weighted by Gasteiger charge is 2.12. The van der Waals surface area contributed by atoms with Gasteiger partial charge in [0.1, 0.15) is 11.6 Å². The van der Waals surface area contributed by atoms with E-state index in [0.717, 1.165) is 6.07 Å². The summed E-state index contributed by atoms with van der Waals surface area (Å²) >= 11 is 11.6. The Bertz CT molecular complexity index is 765. The van der Waals surface area contributed by atoms with Gasteiger partial charge in [0.25, 0.3) is 5.91 Å². The minimum Gasteiger partial charge on any atom is -0.483 e. The molecule has 0 fully saturated rings. The molecule has 0 heterocycles. The van der Waals surface area contributed by atoms with E-state index in [1.54, 1.807) is 0 Å². The van der Waals surface area contributed by atoms with Crippen LogP contribution in [0.5, 0.6) is 5.75 Å². The van der Waals surface area contributed by atoms with Crippen molar-refractivity contribution in [1.82, 2.24) is 0 Å². The predicted molar refractivity (Wildman–Crippen MR) is 87.0 cm³/mol. The van der Waals surface area contributed by atoms with Crippen molar-refractivity contribution in [3.05, 3.63) is 57.8 Å². The van der Waals surface area contributed by atoms with Crippen LogP contribution in [0.2, 0.25) is 10.0 Å². The first-order valence-electron chi connectivity index (χ1n) is 6.55. The van der Waals surface area contributed by atoms with Crippen LogP contribution in [0.3, 0.4) is 0 Å². The Morgan fingerprint density at radius 1 is 1.13 bits per heavy atom. The number of anilines is 1. The quantitative estimate of drug-likeness (QED) is 0.811. The third kappa shape index (κ3) is 4.68. The molecule has 2 aromatic carbocycles. The number of rotatable bonds is 5. The summed E-state index contributed by atoms with van der Waals surface area (Å²) in [6.07, 6.45) is 0. The van der Waals surface area contributed by atoms with Gasteiger partial charge in [0, 0.05) is 10.0 Å². The van der Waals surface area contributed by atoms with Gasteiger partial charge in [0.2, 0.25) is 0 Å². The van der Waals surface area contributed by atoms with Crippen LogP contribution < -0.4 is 10.1 Å². The predicted octanol–water partition coefficient (Wildman–Crippen LogP) is 4.35. The van der Waals surface area contributed by atoms with Crippen LogP contribution >= 0.6 is 23.2 Å². The molecule has 0 unspecified atom stereocenters. The van der Waals surface area contributed by atoms with E-state index in [-0.39, 0.29) is 22.8 Å². The maximum absolute atomic E-state index is 13.5. The highest BCUT2D eigenvalue weighted by Crippen LogP contribution is 2.24. The van der Waals surface area contributed by atoms with E-state index >= 15 is 0 Å². The van der Waals surface area contributed by atoms with Gasteiger partial charge in [-0.2, -0.15) is 0 Å². The first-order valence-corrected chi connectivity index (χ1v) is 7.30. The fraction of sp³-hybridized carbons (Fsp3) is 0.125. The monoisotopic (exact) mass is 355 g/mol. The molecule has 0 saturated carbocycles. The standard InChI is InChI=1S/C16H12Cl2FNO3/c1-9(21)12-6-10(17)3-5-15(12)23-8-16(22)20-14-7-11(18)2-4-13(14)19/h2-7H,8H2,1H3,(H,20,22). The summed E-state index contributed by atoms with van der Waals surface area (Å²) in [5.41, 5.74) is 0.216. The van der Waals surface area contributed by atoms with Crippen LogP contribution in [0.4, 0.5) is 10.1 Å². The third-order valence-corrected chi connectivity index (χ3v) is 3.35. The van der Waals surface area contributed by atoms with Gasteiger partial charge in [-0.1, -0.05) is 23.2 Å². The number of ether oxygens (including phenoxy) is 1. The summed E-state index contributed by atoms with van der Waals surface area (Å²) in [5.74, 6) is -1.22. The van der Waals surface area contributed by atoms with Crippen molar-refractivity contribution in [2.45, 2.75) is 6.92 Å². The highest BCUT2D eigenvalue weighted by atomic mass is 35.5. The van der Waals surface area contributed by atoms with Crippen molar-refractivity contribution in [1.29, 1.82) is 0 Å². The van der Waals surface area contributed by atoms with E-state index in [1.165, 1.54) is 37.3 Å². The lowest BCUT2D eigenvalue weighted by Crippen LogP contribution is -2.21. The zero-order valence-corrected chi connectivity index (χ0v) is 13.5. The number of amides is 1. The molecule has 120 valence electrons. The van der Waals surface area contributed by atoms with Gasteiger partial charge in [-0.3, -0.25) is 9.59 Å². The molecule has 1 amide bonds. The molecule has 0 atom stereocenters. The highest BCUT2D eigenvalue weighted by molar-refractivity contribution is 6.31. The molecule has 0 saturated heterocycles. The Balaban J connectivity index is 2.05. The summed E-state index contributed by atoms with van der Waals surface area (Å²) in [6, 6.07) is 8.29. The largest absolute Gasteiger partial charge is 0.483 e. The Morgan fingerprint density at radius 2 is 1.78 bits per heavy atom. The number of ketones is 1. The normalized spacial score (nSPS) is 10.3. The molecule has 0 radical (unpaired) electrons. The summed E-state index contributed by atoms with van der Waals surface area (Å²) in [7, 11) is 0. The van der Waals surface area contributed by atoms with Crippen LogP contribution in [0.15, 0.2) is 36.4 Å². The summed E-state index contributed by atoms with van der Waals surface area (Å²) in [5, 5.41) is 3.02. The van der Waals surface area contributed by atoms with E-state index in [4.69, 9.17) is 27.9 Å². The van der Waals surface area contributed by atoms with Gasteiger partial charge in [-0.25, -0.2) is 4.39 Å². The van der Waals surface area contributed by atoms with Crippen LogP contribution in [0, 0.1) is 5.82 Å². The number of Topliss-reactive ketones (excluding diaryl/α,β-unsaturated/α-hetero) is 1. The minimum absolute atomic E-state index is 0.0472. The van der Waals surface area contributed by atoms with Crippen molar-refractivity contribution in [3.8, 4) is 5.75 Å². The van der Waals surface area contributed by atoms with Gasteiger partial charge in [-0.05, 0) is 43.3 Å². The number of nitrogens with one attached hydrogen (secondary N) is 1. The molecule has 7 heteroatoms. The summed E-state index contributed by atoms with van der Waals surface area (Å²) in [6.45, 7) is 0.966. The fourth-order valence-electron chi connectivity index (χ4n) is 1.83. The molecule has 0 aliphatic carbocycles. The summed E-state index contributed by atoms with van der Waals surface area (Å²) < 4.78 is 18.8. The molecule has 4 nitrogen and oxygen atoms in total. The first kappa shape index (κ1) is 17.2. The van der Waals surface area contributed by atoms with Crippen molar-refractivity contribution < 1.29 is 18.7 Å². The SMILES string of the molecule is CC(=O)c1cc(Cl)ccc1OCC(=O)Nc1cc(Cl)ccc1F. The van der Waals surface area contributed by atoms with Gasteiger partial charge in [0.15, 0.2) is 12.4 Å². The van der Waals surface area contributed by atoms with Crippen LogP contribution in [-0.2, 0) is 4.79 Å². The molecular formula is C16H12Cl2FNO3. The molecule has 0 aliphatic rings. The number of hydrogen-bond donors (Lipinski definition) is 1. The lowest BCUT2D eigenvalue weighted by atomic mass is 10.1. The van der Waals surface area contributed by atoms with Crippen molar-refractivity contribution in [3.63, 3.8) is 0 Å². The zero-order chi connectivity index (χ0) is 17.0. The van der Waals surface area contributed by atoms with E-state index in [1.807, 2.05) is 0 Å². The molecule has 1 N–H and O–H groups in total. The molecule has 0 bridgehead atoms. The van der Waals surface area contributed by atoms with Gasteiger partial charge < -0.3 is 10.1 Å². The molecule has 2 rings (SSSR count). The molecule has 23 heavy (non-hydrogen) atoms. The number of halogens is 3. The summed E-state index contributed by atoms with van der Waals surface area (Å²) in [4.78, 5) is 23.4. The zero-order valence-electron chi connectivity index (χ0n) is 12.0. The average molecular weight is 356 g/mol. The number of carbonyl (C=O) groups is 2. The number of benzene rings is 2. The molecule has 0 aliphatic heterocycles. The van der Waals surface area contributed by atoms with Crippen molar-refractivity contribution >= 4 is 40.6 Å². The second-order valence-corrected chi connectivity index (χ2v) is 5.53. The number of hydrogen-bond acceptors (Lipinski definition) is 3. The minimum atomic E-state index is -0.612. The van der Waals surface area contributed by atoms with Crippen LogP contribution in [0.1, 0.15) is 17.3 Å². The molecule has 0 spiro atoms. The van der Waals surface area contributed by atoms with Gasteiger partial charge >= 0.3 is 0 Å². The smallest absolute Gasteiger partial charge is 0.262 e. The molecule has 0 aromatic heterocycles. The van der Waals surface area contributed by atoms with Crippen molar-refractivity contribution in [2.24, 2.45) is 0 Å². The second kappa shape index (κ2) is 7.44. The number of carbonyl (C=O) groups excluding carboxylic acids is 2. The van der Waals surface area contributed by atoms with E-state index in [2.05, 4.69) is 5.32 Å². The van der Waals surface area contributed by atoms with Crippen LogP contribution in [-0.4, -0.2) is 18.3 Å². The maximum atomic E-state index is 13.5. The maximum Gasteiger partial charge on any atom is 0.262 e. The Kier molecular flexibility index (Phi) is 5.58. The molecule has 2 aromatic rings. The average Bonchev–Trinajstić information content (AvgIpc) is 2.49. The lowest BCUT2D eigenvalue weighted by Gasteiger charge is -2.11. The van der Waals surface area contributed by atoms with Crippen LogP contribution in [0.25, 0.3) is 0 Å². The van der Waals surface area contributed by atoms with Gasteiger partial charge in [0.05, 0.1) is 11.3 Å². The first-order chi connectivity index (χ1) is 10.9. The Labute approximate surface area is 142 Å². The van der Waals surface area contributed by atoms with Gasteiger partial charge in [-0.15, -0.1) is 0 Å². The lowest BCUT2D eigenvalue weighted by molar-refractivity contribution is -0.118. The fourth-order valence-corrected chi connectivity index (χ4v) is 2.17. The third-order valence-electron chi connectivity index (χ3n) is 2.88. The molecular weight excluding hydrogens is 344 g/mol. The van der Waals surface area contributed by atoms with E-state index < -0.39 is 18.3 Å². The van der Waals surface area contributed by atoms with Crippen molar-refractivity contribution in [2.75, 3.05) is 11.9 Å².